The molecule has 4 N–H and O–H groups in total. The molecule has 2 aromatic rings. The molecule has 0 radical (unpaired) electrons. The van der Waals surface area contributed by atoms with E-state index in [1.165, 1.54) is 6.07 Å². The van der Waals surface area contributed by atoms with Gasteiger partial charge >= 0.3 is 0 Å². The summed E-state index contributed by atoms with van der Waals surface area (Å²) in [6.45, 7) is -0.161. The lowest BCUT2D eigenvalue weighted by atomic mass is 10.1. The molecule has 2 unspecified atom stereocenters. The number of nitrogens with zero attached hydrogens (tertiary/aromatic N) is 1. The van der Waals surface area contributed by atoms with E-state index in [1.807, 2.05) is 0 Å². The number of rotatable bonds is 3. The van der Waals surface area contributed by atoms with E-state index in [0.29, 0.717) is 16.2 Å². The molecule has 3 rings (SSSR count). The Kier molecular flexibility index (Phi) is 4.80. The molecular formula is C16H16F2N4O2S. The summed E-state index contributed by atoms with van der Waals surface area (Å²) in [5.74, 6) is -2.54. The minimum absolute atomic E-state index is 0.132. The van der Waals surface area contributed by atoms with Gasteiger partial charge in [0.15, 0.2) is 11.6 Å². The predicted octanol–water partition coefficient (Wildman–Crippen LogP) is 2.19. The normalized spacial score (nSPS) is 19.4. The number of nitrogens with one attached hydrogen (secondary N) is 3. The monoisotopic (exact) mass is 366 g/mol. The topological polar surface area (TPSA) is 90.1 Å². The number of anilines is 1. The van der Waals surface area contributed by atoms with Crippen LogP contribution in [0.5, 0.6) is 0 Å². The van der Waals surface area contributed by atoms with Crippen LogP contribution in [0.3, 0.4) is 0 Å². The number of benzene rings is 1. The third-order valence-electron chi connectivity index (χ3n) is 3.76. The van der Waals surface area contributed by atoms with Crippen molar-refractivity contribution in [3.05, 3.63) is 53.4 Å². The van der Waals surface area contributed by atoms with Gasteiger partial charge in [-0.25, -0.2) is 13.5 Å². The third kappa shape index (κ3) is 3.39. The van der Waals surface area contributed by atoms with Crippen LogP contribution in [0.15, 0.2) is 35.4 Å². The Morgan fingerprint density at radius 3 is 2.88 bits per heavy atom. The molecule has 0 saturated carbocycles. The van der Waals surface area contributed by atoms with Crippen LogP contribution in [0.4, 0.5) is 14.5 Å². The highest BCUT2D eigenvalue weighted by molar-refractivity contribution is 7.84. The molecule has 0 bridgehead atoms. The molecule has 25 heavy (non-hydrogen) atoms. The van der Waals surface area contributed by atoms with Crippen LogP contribution in [0.1, 0.15) is 16.1 Å². The number of amides is 1. The van der Waals surface area contributed by atoms with Crippen LogP contribution in [-0.2, 0) is 17.9 Å². The van der Waals surface area contributed by atoms with E-state index in [2.05, 4.69) is 10.0 Å². The first-order valence-electron chi connectivity index (χ1n) is 7.37. The van der Waals surface area contributed by atoms with Gasteiger partial charge in [-0.2, -0.15) is 0 Å². The fourth-order valence-electron chi connectivity index (χ4n) is 2.55. The SMILES string of the molecule is Cn1cc2c(c1C(=O)Nc1ccc(F)c(F)c1)C=CC(CO)NS2=N. The maximum absolute atomic E-state index is 13.3. The van der Waals surface area contributed by atoms with Gasteiger partial charge in [0.2, 0.25) is 0 Å². The molecule has 1 amide bonds. The largest absolute Gasteiger partial charge is 0.394 e. The van der Waals surface area contributed by atoms with Gasteiger partial charge in [0.05, 0.1) is 17.5 Å². The fourth-order valence-corrected chi connectivity index (χ4v) is 3.78. The van der Waals surface area contributed by atoms with E-state index in [1.54, 1.807) is 30.0 Å². The zero-order valence-corrected chi connectivity index (χ0v) is 14.0. The Bertz CT molecular complexity index is 895. The molecule has 0 saturated heterocycles. The Morgan fingerprint density at radius 2 is 2.20 bits per heavy atom. The van der Waals surface area contributed by atoms with E-state index >= 15 is 0 Å². The number of carbonyl (C=O) groups is 1. The van der Waals surface area contributed by atoms with E-state index < -0.39 is 28.4 Å². The number of hydrogen-bond donors (Lipinski definition) is 4. The fraction of sp³-hybridized carbons (Fsp3) is 0.188. The molecule has 9 heteroatoms. The highest BCUT2D eigenvalue weighted by Gasteiger charge is 2.24. The van der Waals surface area contributed by atoms with Crippen molar-refractivity contribution in [2.75, 3.05) is 11.9 Å². The zero-order chi connectivity index (χ0) is 18.1. The summed E-state index contributed by atoms with van der Waals surface area (Å²) < 4.78 is 39.0. The molecule has 1 aromatic carbocycles. The molecule has 6 nitrogen and oxygen atoms in total. The van der Waals surface area contributed by atoms with Gasteiger partial charge in [-0.3, -0.25) is 9.57 Å². The number of aryl methyl sites for hydroxylation is 1. The van der Waals surface area contributed by atoms with E-state index in [4.69, 9.17) is 4.78 Å². The van der Waals surface area contributed by atoms with Crippen molar-refractivity contribution in [1.29, 1.82) is 4.78 Å². The van der Waals surface area contributed by atoms with Crippen LogP contribution in [0, 0.1) is 16.4 Å². The summed E-state index contributed by atoms with van der Waals surface area (Å²) >= 11 is 0. The molecule has 1 aliphatic heterocycles. The summed E-state index contributed by atoms with van der Waals surface area (Å²) in [5.41, 5.74) is 0.984. The van der Waals surface area contributed by atoms with Gasteiger partial charge in [0, 0.05) is 30.6 Å². The first-order chi connectivity index (χ1) is 11.9. The van der Waals surface area contributed by atoms with Crippen molar-refractivity contribution in [2.45, 2.75) is 10.9 Å². The molecule has 0 fully saturated rings. The molecule has 1 aromatic heterocycles. The summed E-state index contributed by atoms with van der Waals surface area (Å²) in [6, 6.07) is 2.74. The van der Waals surface area contributed by atoms with Crippen molar-refractivity contribution in [1.82, 2.24) is 9.29 Å². The maximum atomic E-state index is 13.3. The van der Waals surface area contributed by atoms with Crippen molar-refractivity contribution in [3.8, 4) is 0 Å². The molecular weight excluding hydrogens is 350 g/mol. The molecule has 2 heterocycles. The third-order valence-corrected chi connectivity index (χ3v) is 5.06. The first kappa shape index (κ1) is 17.5. The maximum Gasteiger partial charge on any atom is 0.272 e. The summed E-state index contributed by atoms with van der Waals surface area (Å²) in [6.07, 6.45) is 5.04. The van der Waals surface area contributed by atoms with E-state index in [-0.39, 0.29) is 18.3 Å². The quantitative estimate of drug-likeness (QED) is 0.671. The Balaban J connectivity index is 1.96. The number of aliphatic hydroxyl groups is 1. The van der Waals surface area contributed by atoms with Crippen molar-refractivity contribution in [3.63, 3.8) is 0 Å². The smallest absolute Gasteiger partial charge is 0.272 e. The van der Waals surface area contributed by atoms with Crippen LogP contribution in [0.2, 0.25) is 0 Å². The number of aromatic nitrogens is 1. The Morgan fingerprint density at radius 1 is 1.44 bits per heavy atom. The number of hydrogen-bond acceptors (Lipinski definition) is 3. The molecule has 1 aliphatic rings. The first-order valence-corrected chi connectivity index (χ1v) is 8.59. The highest BCUT2D eigenvalue weighted by Crippen LogP contribution is 2.25. The van der Waals surface area contributed by atoms with Gasteiger partial charge in [-0.1, -0.05) is 12.2 Å². The second kappa shape index (κ2) is 6.87. The Labute approximate surface area is 145 Å². The van der Waals surface area contributed by atoms with Gasteiger partial charge in [-0.15, -0.1) is 0 Å². The molecule has 132 valence electrons. The van der Waals surface area contributed by atoms with Crippen LogP contribution in [0.25, 0.3) is 6.08 Å². The van der Waals surface area contributed by atoms with Crippen molar-refractivity contribution in [2.24, 2.45) is 7.05 Å². The highest BCUT2D eigenvalue weighted by atomic mass is 32.2. The van der Waals surface area contributed by atoms with E-state index in [9.17, 15) is 18.7 Å². The number of halogens is 2. The van der Waals surface area contributed by atoms with Crippen LogP contribution in [-0.4, -0.2) is 28.2 Å². The number of fused-ring (bicyclic) bond motifs is 1. The van der Waals surface area contributed by atoms with Gasteiger partial charge in [-0.05, 0) is 23.0 Å². The second-order valence-corrected chi connectivity index (χ2v) is 6.81. The summed E-state index contributed by atoms with van der Waals surface area (Å²) in [5, 5.41) is 11.8. The average Bonchev–Trinajstić information content (AvgIpc) is 2.83. The lowest BCUT2D eigenvalue weighted by Crippen LogP contribution is -2.30. The standard InChI is InChI=1S/C16H16F2N4O2S/c1-22-7-14-11(4-2-10(8-23)21-25(14)19)15(22)16(24)20-9-3-5-12(17)13(18)6-9/h2-7,10,23H,8H2,1H3,(H2,19,21)(H,20,24). The predicted molar refractivity (Wildman–Crippen MR) is 91.1 cm³/mol. The lowest BCUT2D eigenvalue weighted by Gasteiger charge is -2.10. The minimum atomic E-state index is -1.10. The van der Waals surface area contributed by atoms with Crippen LogP contribution >= 0.6 is 0 Å². The average molecular weight is 366 g/mol. The van der Waals surface area contributed by atoms with Gasteiger partial charge < -0.3 is 15.0 Å². The Hall–Kier alpha value is -2.36. The van der Waals surface area contributed by atoms with Crippen molar-refractivity contribution < 1.29 is 18.7 Å². The second-order valence-electron chi connectivity index (χ2n) is 5.52. The van der Waals surface area contributed by atoms with Gasteiger partial charge in [0.1, 0.15) is 5.69 Å². The lowest BCUT2D eigenvalue weighted by molar-refractivity contribution is 0.101. The number of aliphatic hydroxyl groups excluding tert-OH is 1. The number of carbonyl (C=O) groups excluding carboxylic acids is 1. The van der Waals surface area contributed by atoms with Crippen LogP contribution < -0.4 is 10.0 Å². The zero-order valence-electron chi connectivity index (χ0n) is 13.2. The van der Waals surface area contributed by atoms with E-state index in [0.717, 1.165) is 12.1 Å². The summed E-state index contributed by atoms with van der Waals surface area (Å²) in [4.78, 5) is 13.2. The van der Waals surface area contributed by atoms with Gasteiger partial charge in [0.25, 0.3) is 5.91 Å². The van der Waals surface area contributed by atoms with Crippen molar-refractivity contribution >= 4 is 28.5 Å². The summed E-state index contributed by atoms with van der Waals surface area (Å²) in [7, 11) is 0.565. The molecule has 2 atom stereocenters. The molecule has 0 spiro atoms. The molecule has 0 aliphatic carbocycles. The minimum Gasteiger partial charge on any atom is -0.394 e.